The fraction of sp³-hybridized carbons (Fsp3) is 0.375. The SMILES string of the molecule is CS(=O)(=O)N(CCCC(=O)N(Cc1ccc(Br)cc1)[C@H](Cc1ccccc1)C(=O)NC1CCCC1)c1cc(Cl)ccc1Cl. The summed E-state index contributed by atoms with van der Waals surface area (Å²) >= 11 is 15.9. The Bertz CT molecular complexity index is 1500. The maximum atomic E-state index is 14.0. The Hall–Kier alpha value is -2.59. The molecule has 1 atom stereocenters. The van der Waals surface area contributed by atoms with Crippen molar-refractivity contribution in [3.8, 4) is 0 Å². The summed E-state index contributed by atoms with van der Waals surface area (Å²) < 4.78 is 27.5. The quantitative estimate of drug-likeness (QED) is 0.207. The molecule has 0 aromatic heterocycles. The first-order valence-corrected chi connectivity index (χ1v) is 17.7. The normalized spacial score (nSPS) is 14.3. The van der Waals surface area contributed by atoms with Crippen LogP contribution < -0.4 is 9.62 Å². The lowest BCUT2D eigenvalue weighted by Crippen LogP contribution is -2.52. The highest BCUT2D eigenvalue weighted by molar-refractivity contribution is 9.10. The molecule has 0 heterocycles. The monoisotopic (exact) mass is 707 g/mol. The second kappa shape index (κ2) is 15.4. The first kappa shape index (κ1) is 33.3. The first-order chi connectivity index (χ1) is 20.5. The zero-order valence-electron chi connectivity index (χ0n) is 24.0. The summed E-state index contributed by atoms with van der Waals surface area (Å²) in [7, 11) is -3.72. The third-order valence-corrected chi connectivity index (χ3v) is 9.83. The van der Waals surface area contributed by atoms with Crippen LogP contribution in [0.3, 0.4) is 0 Å². The maximum Gasteiger partial charge on any atom is 0.243 e. The van der Waals surface area contributed by atoms with Crippen LogP contribution >= 0.6 is 39.1 Å². The highest BCUT2D eigenvalue weighted by Crippen LogP contribution is 2.31. The van der Waals surface area contributed by atoms with Crippen LogP contribution in [0, 0.1) is 0 Å². The van der Waals surface area contributed by atoms with Gasteiger partial charge < -0.3 is 10.2 Å². The molecule has 1 aliphatic rings. The second-order valence-electron chi connectivity index (χ2n) is 10.9. The second-order valence-corrected chi connectivity index (χ2v) is 14.5. The largest absolute Gasteiger partial charge is 0.352 e. The van der Waals surface area contributed by atoms with Crippen molar-refractivity contribution >= 4 is 66.7 Å². The highest BCUT2D eigenvalue weighted by atomic mass is 79.9. The molecule has 1 N–H and O–H groups in total. The molecule has 2 amide bonds. The standard InChI is InChI=1S/C32H36BrCl2N3O4S/c1-43(41,42)38(29-21-26(34)17-18-28(29)35)19-7-12-31(39)37(22-24-13-15-25(33)16-14-24)30(20-23-8-3-2-4-9-23)32(40)36-27-10-5-6-11-27/h2-4,8-9,13-18,21,27,30H,5-7,10-12,19-20,22H2,1H3,(H,36,40)/t30-/m1/s1. The van der Waals surface area contributed by atoms with Gasteiger partial charge in [0.25, 0.3) is 0 Å². The molecule has 0 saturated heterocycles. The number of hydrogen-bond donors (Lipinski definition) is 1. The minimum Gasteiger partial charge on any atom is -0.352 e. The number of benzene rings is 3. The van der Waals surface area contributed by atoms with Gasteiger partial charge in [0.2, 0.25) is 21.8 Å². The van der Waals surface area contributed by atoms with Crippen LogP contribution in [-0.2, 0) is 32.6 Å². The smallest absolute Gasteiger partial charge is 0.243 e. The Labute approximate surface area is 272 Å². The average molecular weight is 710 g/mol. The molecule has 3 aromatic rings. The summed E-state index contributed by atoms with van der Waals surface area (Å²) in [6, 6.07) is 21.3. The van der Waals surface area contributed by atoms with Crippen molar-refractivity contribution in [2.45, 2.75) is 63.6 Å². The van der Waals surface area contributed by atoms with E-state index >= 15 is 0 Å². The van der Waals surface area contributed by atoms with E-state index in [-0.39, 0.29) is 54.5 Å². The van der Waals surface area contributed by atoms with Crippen molar-refractivity contribution < 1.29 is 18.0 Å². The van der Waals surface area contributed by atoms with Gasteiger partial charge in [0.15, 0.2) is 0 Å². The summed E-state index contributed by atoms with van der Waals surface area (Å²) in [6.45, 7) is 0.256. The van der Waals surface area contributed by atoms with Gasteiger partial charge in [0, 0.05) is 41.5 Å². The number of sulfonamides is 1. The van der Waals surface area contributed by atoms with Gasteiger partial charge in [-0.2, -0.15) is 0 Å². The lowest BCUT2D eigenvalue weighted by atomic mass is 10.0. The van der Waals surface area contributed by atoms with Crippen LogP contribution in [-0.4, -0.2) is 50.0 Å². The fourth-order valence-corrected chi connectivity index (χ4v) is 7.04. The number of carbonyl (C=O) groups is 2. The fourth-order valence-electron chi connectivity index (χ4n) is 5.37. The molecule has 43 heavy (non-hydrogen) atoms. The van der Waals surface area contributed by atoms with Crippen LogP contribution in [0.15, 0.2) is 77.3 Å². The van der Waals surface area contributed by atoms with E-state index in [1.807, 2.05) is 54.6 Å². The van der Waals surface area contributed by atoms with Crippen LogP contribution in [0.1, 0.15) is 49.7 Å². The van der Waals surface area contributed by atoms with Gasteiger partial charge in [0.1, 0.15) is 6.04 Å². The van der Waals surface area contributed by atoms with Gasteiger partial charge in [-0.1, -0.05) is 94.4 Å². The average Bonchev–Trinajstić information content (AvgIpc) is 3.48. The third kappa shape index (κ3) is 9.70. The Balaban J connectivity index is 1.59. The highest BCUT2D eigenvalue weighted by Gasteiger charge is 2.32. The lowest BCUT2D eigenvalue weighted by Gasteiger charge is -2.33. The minimum atomic E-state index is -3.72. The zero-order chi connectivity index (χ0) is 31.0. The van der Waals surface area contributed by atoms with Crippen LogP contribution in [0.25, 0.3) is 0 Å². The predicted octanol–water partition coefficient (Wildman–Crippen LogP) is 7.00. The van der Waals surface area contributed by atoms with Gasteiger partial charge in [-0.25, -0.2) is 8.42 Å². The Kier molecular flexibility index (Phi) is 11.9. The summed E-state index contributed by atoms with van der Waals surface area (Å²) in [6.07, 6.45) is 5.70. The van der Waals surface area contributed by atoms with Crippen molar-refractivity contribution in [1.82, 2.24) is 10.2 Å². The number of nitrogens with one attached hydrogen (secondary N) is 1. The van der Waals surface area contributed by atoms with Crippen LogP contribution in [0.2, 0.25) is 10.0 Å². The molecule has 0 radical (unpaired) electrons. The van der Waals surface area contributed by atoms with Gasteiger partial charge >= 0.3 is 0 Å². The topological polar surface area (TPSA) is 86.8 Å². The molecule has 0 spiro atoms. The van der Waals surface area contributed by atoms with E-state index < -0.39 is 16.1 Å². The van der Waals surface area contributed by atoms with E-state index in [1.165, 1.54) is 10.4 Å². The Morgan fingerprint density at radius 3 is 2.30 bits per heavy atom. The maximum absolute atomic E-state index is 14.0. The number of amides is 2. The predicted molar refractivity (Wildman–Crippen MR) is 177 cm³/mol. The van der Waals surface area contributed by atoms with Gasteiger partial charge in [-0.05, 0) is 60.7 Å². The van der Waals surface area contributed by atoms with Crippen LogP contribution in [0.5, 0.6) is 0 Å². The first-order valence-electron chi connectivity index (χ1n) is 14.3. The number of rotatable bonds is 13. The molecule has 0 bridgehead atoms. The number of halogens is 3. The third-order valence-electron chi connectivity index (χ3n) is 7.57. The van der Waals surface area contributed by atoms with E-state index in [2.05, 4.69) is 21.2 Å². The Morgan fingerprint density at radius 1 is 0.977 bits per heavy atom. The van der Waals surface area contributed by atoms with Crippen molar-refractivity contribution in [1.29, 1.82) is 0 Å². The van der Waals surface area contributed by atoms with Gasteiger partial charge in [0.05, 0.1) is 17.0 Å². The number of nitrogens with zero attached hydrogens (tertiary/aromatic N) is 2. The van der Waals surface area contributed by atoms with E-state index in [1.54, 1.807) is 17.0 Å². The molecule has 1 aliphatic carbocycles. The molecular formula is C32H36BrCl2N3O4S. The molecule has 0 aliphatic heterocycles. The molecule has 230 valence electrons. The zero-order valence-corrected chi connectivity index (χ0v) is 27.9. The molecule has 0 unspecified atom stereocenters. The van der Waals surface area contributed by atoms with Crippen molar-refractivity contribution in [2.75, 3.05) is 17.1 Å². The molecular weight excluding hydrogens is 673 g/mol. The molecule has 4 rings (SSSR count). The molecule has 7 nitrogen and oxygen atoms in total. The number of anilines is 1. The molecule has 1 saturated carbocycles. The van der Waals surface area contributed by atoms with E-state index in [0.29, 0.717) is 11.4 Å². The summed E-state index contributed by atoms with van der Waals surface area (Å²) in [4.78, 5) is 29.5. The molecule has 1 fully saturated rings. The van der Waals surface area contributed by atoms with Crippen molar-refractivity contribution in [2.24, 2.45) is 0 Å². The summed E-state index contributed by atoms with van der Waals surface area (Å²) in [5.74, 6) is -0.416. The molecule has 11 heteroatoms. The minimum absolute atomic E-state index is 0.0222. The van der Waals surface area contributed by atoms with E-state index in [4.69, 9.17) is 23.2 Å². The van der Waals surface area contributed by atoms with Crippen molar-refractivity contribution in [3.63, 3.8) is 0 Å². The summed E-state index contributed by atoms with van der Waals surface area (Å²) in [5.41, 5.74) is 2.09. The van der Waals surface area contributed by atoms with Crippen LogP contribution in [0.4, 0.5) is 5.69 Å². The summed E-state index contributed by atoms with van der Waals surface area (Å²) in [5, 5.41) is 3.79. The van der Waals surface area contributed by atoms with Crippen molar-refractivity contribution in [3.05, 3.63) is 98.4 Å². The number of hydrogen-bond acceptors (Lipinski definition) is 4. The van der Waals surface area contributed by atoms with E-state index in [0.717, 1.165) is 47.5 Å². The molecule has 3 aromatic carbocycles. The van der Waals surface area contributed by atoms with Gasteiger partial charge in [-0.3, -0.25) is 13.9 Å². The lowest BCUT2D eigenvalue weighted by molar-refractivity contribution is -0.141. The number of carbonyl (C=O) groups excluding carboxylic acids is 2. The van der Waals surface area contributed by atoms with E-state index in [9.17, 15) is 18.0 Å². The van der Waals surface area contributed by atoms with Gasteiger partial charge in [-0.15, -0.1) is 0 Å². The Morgan fingerprint density at radius 2 is 1.65 bits per heavy atom.